The van der Waals surface area contributed by atoms with Crippen molar-refractivity contribution in [2.45, 2.75) is 20.4 Å². The number of aromatic nitrogens is 3. The fourth-order valence-electron chi connectivity index (χ4n) is 3.94. The number of amides is 1. The molecule has 2 heterocycles. The number of benzene rings is 2. The summed E-state index contributed by atoms with van der Waals surface area (Å²) in [6.45, 7) is 4.60. The molecule has 0 saturated heterocycles. The zero-order valence-electron chi connectivity index (χ0n) is 18.2. The molecular formula is C24H26N6O. The van der Waals surface area contributed by atoms with Gasteiger partial charge in [-0.3, -0.25) is 9.36 Å². The van der Waals surface area contributed by atoms with Crippen LogP contribution < -0.4 is 16.0 Å². The summed E-state index contributed by atoms with van der Waals surface area (Å²) >= 11 is 0. The molecule has 1 amide bonds. The first kappa shape index (κ1) is 20.4. The van der Waals surface area contributed by atoms with Gasteiger partial charge >= 0.3 is 0 Å². The lowest BCUT2D eigenvalue weighted by Crippen LogP contribution is -2.18. The molecule has 0 aliphatic heterocycles. The number of hydrogen-bond donors (Lipinski definition) is 2. The molecule has 0 aliphatic carbocycles. The van der Waals surface area contributed by atoms with Gasteiger partial charge < -0.3 is 16.0 Å². The molecule has 0 aliphatic rings. The van der Waals surface area contributed by atoms with Crippen LogP contribution in [0.15, 0.2) is 54.6 Å². The van der Waals surface area contributed by atoms with Gasteiger partial charge in [-0.15, -0.1) is 0 Å². The van der Waals surface area contributed by atoms with Crippen molar-refractivity contribution in [3.63, 3.8) is 0 Å². The van der Waals surface area contributed by atoms with Crippen LogP contribution in [0.3, 0.4) is 0 Å². The third kappa shape index (κ3) is 3.82. The monoisotopic (exact) mass is 414 g/mol. The number of nitrogens with two attached hydrogens (primary N) is 1. The Morgan fingerprint density at radius 3 is 2.48 bits per heavy atom. The fraction of sp³-hybridized carbons (Fsp3) is 0.208. The summed E-state index contributed by atoms with van der Waals surface area (Å²) in [5.74, 6) is 0.851. The predicted octanol–water partition coefficient (Wildman–Crippen LogP) is 3.81. The number of anilines is 2. The second-order valence-corrected chi connectivity index (χ2v) is 7.76. The van der Waals surface area contributed by atoms with E-state index in [1.165, 1.54) is 5.56 Å². The van der Waals surface area contributed by atoms with Gasteiger partial charge in [0, 0.05) is 37.3 Å². The van der Waals surface area contributed by atoms with Crippen LogP contribution in [0.4, 0.5) is 11.5 Å². The molecule has 0 fully saturated rings. The molecule has 0 saturated carbocycles. The van der Waals surface area contributed by atoms with E-state index in [9.17, 15) is 4.79 Å². The molecule has 0 spiro atoms. The Morgan fingerprint density at radius 1 is 1.06 bits per heavy atom. The molecule has 2 aromatic carbocycles. The number of rotatable bonds is 6. The normalized spacial score (nSPS) is 11.0. The molecule has 7 heteroatoms. The van der Waals surface area contributed by atoms with Crippen molar-refractivity contribution >= 4 is 28.3 Å². The van der Waals surface area contributed by atoms with Crippen LogP contribution in [-0.4, -0.2) is 34.5 Å². The van der Waals surface area contributed by atoms with Crippen LogP contribution in [0.1, 0.15) is 27.3 Å². The average Bonchev–Trinajstić information content (AvgIpc) is 3.07. The lowest BCUT2D eigenvalue weighted by molar-refractivity contribution is 0.100. The maximum atomic E-state index is 11.9. The molecule has 0 radical (unpaired) electrons. The zero-order valence-corrected chi connectivity index (χ0v) is 18.2. The molecule has 3 N–H and O–H groups in total. The van der Waals surface area contributed by atoms with E-state index in [0.717, 1.165) is 33.8 Å². The van der Waals surface area contributed by atoms with Crippen molar-refractivity contribution in [3.8, 4) is 5.95 Å². The van der Waals surface area contributed by atoms with Crippen LogP contribution in [0.5, 0.6) is 0 Å². The summed E-state index contributed by atoms with van der Waals surface area (Å²) in [5.41, 5.74) is 10.8. The Morgan fingerprint density at radius 2 is 1.81 bits per heavy atom. The van der Waals surface area contributed by atoms with Gasteiger partial charge in [-0.05, 0) is 37.6 Å². The molecule has 0 atom stereocenters. The Labute approximate surface area is 181 Å². The van der Waals surface area contributed by atoms with Crippen molar-refractivity contribution in [1.82, 2.24) is 14.5 Å². The van der Waals surface area contributed by atoms with E-state index in [1.54, 1.807) is 6.07 Å². The second-order valence-electron chi connectivity index (χ2n) is 7.76. The van der Waals surface area contributed by atoms with Crippen LogP contribution in [0.25, 0.3) is 16.9 Å². The molecule has 0 bridgehead atoms. The van der Waals surface area contributed by atoms with E-state index in [1.807, 2.05) is 73.8 Å². The Bertz CT molecular complexity index is 1260. The Hall–Kier alpha value is -3.87. The highest BCUT2D eigenvalue weighted by molar-refractivity contribution is 6.06. The molecular weight excluding hydrogens is 388 g/mol. The lowest BCUT2D eigenvalue weighted by Gasteiger charge is -2.21. The standard InChI is InChI=1S/C24H26N6O/c1-15-13-19-18(22(25)31)11-8-12-20(19)30(15)24-27-16(2)21(29(3)4)23(28-24)26-14-17-9-6-5-7-10-17/h5-13H,14H2,1-4H3,(H2,25,31)(H,26,27,28). The highest BCUT2D eigenvalue weighted by atomic mass is 16.1. The van der Waals surface area contributed by atoms with Crippen LogP contribution in [0.2, 0.25) is 0 Å². The van der Waals surface area contributed by atoms with Gasteiger partial charge in [0.2, 0.25) is 11.9 Å². The number of fused-ring (bicyclic) bond motifs is 1. The minimum atomic E-state index is -0.451. The average molecular weight is 415 g/mol. The lowest BCUT2D eigenvalue weighted by atomic mass is 10.1. The molecule has 4 rings (SSSR count). The number of carbonyl (C=O) groups excluding carboxylic acids is 1. The van der Waals surface area contributed by atoms with Crippen molar-refractivity contribution in [3.05, 3.63) is 77.1 Å². The van der Waals surface area contributed by atoms with E-state index in [0.29, 0.717) is 18.1 Å². The number of primary amides is 1. The van der Waals surface area contributed by atoms with Gasteiger partial charge in [-0.2, -0.15) is 4.98 Å². The molecule has 0 unspecified atom stereocenters. The third-order valence-electron chi connectivity index (χ3n) is 5.29. The third-order valence-corrected chi connectivity index (χ3v) is 5.29. The highest BCUT2D eigenvalue weighted by Gasteiger charge is 2.19. The molecule has 158 valence electrons. The summed E-state index contributed by atoms with van der Waals surface area (Å²) in [4.78, 5) is 23.6. The first-order valence-corrected chi connectivity index (χ1v) is 10.1. The minimum absolute atomic E-state index is 0.451. The SMILES string of the molecule is Cc1nc(-n2c(C)cc3c(C(N)=O)cccc32)nc(NCc2ccccc2)c1N(C)C. The number of carbonyl (C=O) groups is 1. The second kappa shape index (κ2) is 8.10. The number of aryl methyl sites for hydroxylation is 2. The summed E-state index contributed by atoms with van der Waals surface area (Å²) < 4.78 is 1.96. The topological polar surface area (TPSA) is 89.1 Å². The number of nitrogens with zero attached hydrogens (tertiary/aromatic N) is 4. The Balaban J connectivity index is 1.84. The summed E-state index contributed by atoms with van der Waals surface area (Å²) in [6, 6.07) is 17.7. The van der Waals surface area contributed by atoms with Crippen LogP contribution in [0, 0.1) is 13.8 Å². The molecule has 4 aromatic rings. The minimum Gasteiger partial charge on any atom is -0.373 e. The fourth-order valence-corrected chi connectivity index (χ4v) is 3.94. The van der Waals surface area contributed by atoms with E-state index in [-0.39, 0.29) is 0 Å². The van der Waals surface area contributed by atoms with Crippen molar-refractivity contribution in [1.29, 1.82) is 0 Å². The largest absolute Gasteiger partial charge is 0.373 e. The van der Waals surface area contributed by atoms with Crippen LogP contribution in [-0.2, 0) is 6.54 Å². The van der Waals surface area contributed by atoms with Crippen molar-refractivity contribution < 1.29 is 4.79 Å². The summed E-state index contributed by atoms with van der Waals surface area (Å²) in [7, 11) is 3.96. The first-order valence-electron chi connectivity index (χ1n) is 10.1. The summed E-state index contributed by atoms with van der Waals surface area (Å²) in [5, 5.41) is 4.27. The predicted molar refractivity (Wildman–Crippen MR) is 125 cm³/mol. The van der Waals surface area contributed by atoms with Crippen molar-refractivity contribution in [2.75, 3.05) is 24.3 Å². The molecule has 7 nitrogen and oxygen atoms in total. The van der Waals surface area contributed by atoms with Gasteiger partial charge in [0.15, 0.2) is 5.82 Å². The first-order chi connectivity index (χ1) is 14.9. The van der Waals surface area contributed by atoms with Gasteiger partial charge in [-0.25, -0.2) is 4.98 Å². The van der Waals surface area contributed by atoms with E-state index >= 15 is 0 Å². The van der Waals surface area contributed by atoms with E-state index in [4.69, 9.17) is 15.7 Å². The van der Waals surface area contributed by atoms with Crippen molar-refractivity contribution in [2.24, 2.45) is 5.73 Å². The quantitative estimate of drug-likeness (QED) is 0.501. The Kier molecular flexibility index (Phi) is 5.33. The van der Waals surface area contributed by atoms with Gasteiger partial charge in [0.05, 0.1) is 11.2 Å². The maximum absolute atomic E-state index is 11.9. The van der Waals surface area contributed by atoms with Crippen LogP contribution >= 0.6 is 0 Å². The zero-order chi connectivity index (χ0) is 22.1. The number of hydrogen-bond acceptors (Lipinski definition) is 5. The smallest absolute Gasteiger partial charge is 0.249 e. The molecule has 2 aromatic heterocycles. The van der Waals surface area contributed by atoms with Gasteiger partial charge in [0.25, 0.3) is 0 Å². The van der Waals surface area contributed by atoms with Gasteiger partial charge in [0.1, 0.15) is 5.69 Å². The van der Waals surface area contributed by atoms with E-state index in [2.05, 4.69) is 17.4 Å². The van der Waals surface area contributed by atoms with E-state index < -0.39 is 5.91 Å². The molecule has 31 heavy (non-hydrogen) atoms. The number of nitrogens with one attached hydrogen (secondary N) is 1. The highest BCUT2D eigenvalue weighted by Crippen LogP contribution is 2.30. The van der Waals surface area contributed by atoms with Gasteiger partial charge in [-0.1, -0.05) is 36.4 Å². The maximum Gasteiger partial charge on any atom is 0.249 e. The summed E-state index contributed by atoms with van der Waals surface area (Å²) in [6.07, 6.45) is 0.